The summed E-state index contributed by atoms with van der Waals surface area (Å²) < 4.78 is 5.47. The van der Waals surface area contributed by atoms with E-state index in [9.17, 15) is 19.8 Å². The Labute approximate surface area is 488 Å². The van der Waals surface area contributed by atoms with Gasteiger partial charge in [0.2, 0.25) is 5.91 Å². The van der Waals surface area contributed by atoms with Gasteiger partial charge in [-0.05, 0) is 51.4 Å². The Balaban J connectivity index is 3.38. The zero-order valence-corrected chi connectivity index (χ0v) is 52.9. The largest absolute Gasteiger partial charge is 0.466 e. The van der Waals surface area contributed by atoms with Crippen LogP contribution in [0.5, 0.6) is 0 Å². The molecule has 462 valence electrons. The predicted octanol–water partition coefficient (Wildman–Crippen LogP) is 22.9. The Morgan fingerprint density at radius 2 is 0.615 bits per heavy atom. The number of carbonyl (C=O) groups excluding carboxylic acids is 2. The number of carbonyl (C=O) groups is 2. The molecular weight excluding hydrogens is 959 g/mol. The molecular formula is C72H139NO5. The Bertz CT molecular complexity index is 1220. The molecule has 0 spiro atoms. The van der Waals surface area contributed by atoms with Gasteiger partial charge in [0, 0.05) is 12.8 Å². The molecule has 0 fully saturated rings. The first-order valence-electron chi connectivity index (χ1n) is 35.6. The van der Waals surface area contributed by atoms with Gasteiger partial charge in [-0.2, -0.15) is 0 Å². The molecule has 2 atom stereocenters. The molecule has 6 heteroatoms. The van der Waals surface area contributed by atoms with Gasteiger partial charge in [0.1, 0.15) is 0 Å². The van der Waals surface area contributed by atoms with Crippen molar-refractivity contribution >= 4 is 11.9 Å². The van der Waals surface area contributed by atoms with Crippen LogP contribution in [0.4, 0.5) is 0 Å². The average Bonchev–Trinajstić information content (AvgIpc) is 3.44. The lowest BCUT2D eigenvalue weighted by Crippen LogP contribution is -2.45. The number of nitrogens with one attached hydrogen (secondary N) is 1. The van der Waals surface area contributed by atoms with E-state index >= 15 is 0 Å². The fraction of sp³-hybridized carbons (Fsp3) is 0.917. The molecule has 0 saturated carbocycles. The van der Waals surface area contributed by atoms with Gasteiger partial charge in [0.25, 0.3) is 0 Å². The van der Waals surface area contributed by atoms with E-state index in [4.69, 9.17) is 4.74 Å². The summed E-state index contributed by atoms with van der Waals surface area (Å²) in [5, 5.41) is 23.3. The molecule has 1 amide bonds. The molecule has 0 saturated heterocycles. The highest BCUT2D eigenvalue weighted by Crippen LogP contribution is 2.19. The van der Waals surface area contributed by atoms with E-state index in [0.29, 0.717) is 19.4 Å². The highest BCUT2D eigenvalue weighted by molar-refractivity contribution is 5.76. The average molecular weight is 1100 g/mol. The molecule has 0 rings (SSSR count). The molecule has 0 aromatic carbocycles. The van der Waals surface area contributed by atoms with Gasteiger partial charge in [0.15, 0.2) is 0 Å². The fourth-order valence-corrected chi connectivity index (χ4v) is 11.3. The first-order chi connectivity index (χ1) is 38.5. The van der Waals surface area contributed by atoms with Crippen molar-refractivity contribution in [1.82, 2.24) is 5.32 Å². The fourth-order valence-electron chi connectivity index (χ4n) is 11.3. The number of esters is 1. The topological polar surface area (TPSA) is 95.9 Å². The van der Waals surface area contributed by atoms with Crippen LogP contribution < -0.4 is 5.32 Å². The summed E-state index contributed by atoms with van der Waals surface area (Å²) in [5.41, 5.74) is 0. The van der Waals surface area contributed by atoms with E-state index in [-0.39, 0.29) is 18.5 Å². The van der Waals surface area contributed by atoms with Crippen molar-refractivity contribution in [2.45, 2.75) is 411 Å². The Morgan fingerprint density at radius 1 is 0.346 bits per heavy atom. The highest BCUT2D eigenvalue weighted by atomic mass is 16.5. The normalized spacial score (nSPS) is 12.6. The number of ether oxygens (including phenoxy) is 1. The minimum Gasteiger partial charge on any atom is -0.466 e. The third kappa shape index (κ3) is 63.5. The van der Waals surface area contributed by atoms with Crippen LogP contribution in [0.3, 0.4) is 0 Å². The Kier molecular flexibility index (Phi) is 66.4. The van der Waals surface area contributed by atoms with Crippen LogP contribution in [0, 0.1) is 0 Å². The standard InChI is InChI=1S/C72H139NO5/c1-3-5-7-9-11-13-15-16-17-18-19-20-29-32-35-38-41-45-48-52-56-60-64-70(75)69(68-74)73-71(76)65-61-57-53-49-46-42-39-36-33-30-27-25-23-21-22-24-26-28-31-34-37-40-43-47-51-55-59-63-67-78-72(77)66-62-58-54-50-44-14-12-10-8-6-4-2/h10,12,60,64,69-70,74-75H,3-9,11,13-59,61-63,65-68H2,1-2H3,(H,73,76)/b12-10-,64-60+. The van der Waals surface area contributed by atoms with E-state index in [1.54, 1.807) is 6.08 Å². The second kappa shape index (κ2) is 67.8. The molecule has 78 heavy (non-hydrogen) atoms. The quantitative estimate of drug-likeness (QED) is 0.0320. The number of amides is 1. The summed E-state index contributed by atoms with van der Waals surface area (Å²) in [6.45, 7) is 4.91. The molecule has 0 aliphatic heterocycles. The number of aliphatic hydroxyl groups is 2. The third-order valence-electron chi connectivity index (χ3n) is 16.7. The molecule has 0 aliphatic carbocycles. The van der Waals surface area contributed by atoms with Crippen LogP contribution in [0.15, 0.2) is 24.3 Å². The van der Waals surface area contributed by atoms with Crippen molar-refractivity contribution in [3.05, 3.63) is 24.3 Å². The second-order valence-corrected chi connectivity index (χ2v) is 24.6. The van der Waals surface area contributed by atoms with Gasteiger partial charge >= 0.3 is 5.97 Å². The zero-order valence-electron chi connectivity index (χ0n) is 52.9. The van der Waals surface area contributed by atoms with Crippen LogP contribution in [-0.4, -0.2) is 47.4 Å². The molecule has 3 N–H and O–H groups in total. The first kappa shape index (κ1) is 76.3. The SMILES string of the molecule is CCCC/C=C\CCCCCCCC(=O)OCCCCCCCCCCCCCCCCCCCCCCCCCCCCCCC(=O)NC(CO)C(O)/C=C/CCCCCCCCCCCCCCCCCCCCCC. The van der Waals surface area contributed by atoms with Gasteiger partial charge in [-0.1, -0.05) is 359 Å². The van der Waals surface area contributed by atoms with E-state index < -0.39 is 12.1 Å². The molecule has 6 nitrogen and oxygen atoms in total. The molecule has 0 radical (unpaired) electrons. The minimum absolute atomic E-state index is 0.00792. The van der Waals surface area contributed by atoms with E-state index in [1.165, 1.54) is 327 Å². The van der Waals surface area contributed by atoms with Gasteiger partial charge < -0.3 is 20.3 Å². The van der Waals surface area contributed by atoms with Crippen molar-refractivity contribution in [3.63, 3.8) is 0 Å². The summed E-state index contributed by atoms with van der Waals surface area (Å²) in [6.07, 6.45) is 85.5. The van der Waals surface area contributed by atoms with Crippen molar-refractivity contribution in [3.8, 4) is 0 Å². The lowest BCUT2D eigenvalue weighted by atomic mass is 10.0. The number of rotatable bonds is 67. The van der Waals surface area contributed by atoms with Crippen LogP contribution in [-0.2, 0) is 14.3 Å². The third-order valence-corrected chi connectivity index (χ3v) is 16.7. The van der Waals surface area contributed by atoms with Crippen molar-refractivity contribution < 1.29 is 24.5 Å². The lowest BCUT2D eigenvalue weighted by Gasteiger charge is -2.20. The Hall–Kier alpha value is -1.66. The number of allylic oxidation sites excluding steroid dienone is 3. The van der Waals surface area contributed by atoms with Crippen LogP contribution in [0.25, 0.3) is 0 Å². The van der Waals surface area contributed by atoms with Gasteiger partial charge in [0.05, 0.1) is 25.4 Å². The van der Waals surface area contributed by atoms with Crippen LogP contribution >= 0.6 is 0 Å². The number of aliphatic hydroxyl groups excluding tert-OH is 2. The first-order valence-corrected chi connectivity index (χ1v) is 35.6. The summed E-state index contributed by atoms with van der Waals surface area (Å²) in [5.74, 6) is -0.0526. The summed E-state index contributed by atoms with van der Waals surface area (Å²) in [4.78, 5) is 24.5. The summed E-state index contributed by atoms with van der Waals surface area (Å²) >= 11 is 0. The molecule has 0 heterocycles. The zero-order chi connectivity index (χ0) is 56.4. The molecule has 0 aromatic rings. The van der Waals surface area contributed by atoms with E-state index in [0.717, 1.165) is 44.9 Å². The maximum absolute atomic E-state index is 12.5. The minimum atomic E-state index is -0.843. The Morgan fingerprint density at radius 3 is 0.949 bits per heavy atom. The number of hydrogen-bond acceptors (Lipinski definition) is 5. The predicted molar refractivity (Wildman–Crippen MR) is 343 cm³/mol. The number of unbranched alkanes of at least 4 members (excludes halogenated alkanes) is 54. The van der Waals surface area contributed by atoms with Gasteiger partial charge in [-0.25, -0.2) is 0 Å². The molecule has 0 aromatic heterocycles. The number of hydrogen-bond donors (Lipinski definition) is 3. The van der Waals surface area contributed by atoms with Crippen molar-refractivity contribution in [2.75, 3.05) is 13.2 Å². The smallest absolute Gasteiger partial charge is 0.305 e. The monoisotopic (exact) mass is 1100 g/mol. The molecule has 0 bridgehead atoms. The molecule has 2 unspecified atom stereocenters. The van der Waals surface area contributed by atoms with Gasteiger partial charge in [-0.15, -0.1) is 0 Å². The maximum atomic E-state index is 12.5. The maximum Gasteiger partial charge on any atom is 0.305 e. The van der Waals surface area contributed by atoms with Crippen molar-refractivity contribution in [1.29, 1.82) is 0 Å². The van der Waals surface area contributed by atoms with Crippen molar-refractivity contribution in [2.24, 2.45) is 0 Å². The van der Waals surface area contributed by atoms with Crippen LogP contribution in [0.1, 0.15) is 399 Å². The summed E-state index contributed by atoms with van der Waals surface area (Å²) in [6, 6.07) is -0.626. The van der Waals surface area contributed by atoms with Crippen LogP contribution in [0.2, 0.25) is 0 Å². The van der Waals surface area contributed by atoms with E-state index in [2.05, 4.69) is 31.3 Å². The van der Waals surface area contributed by atoms with E-state index in [1.807, 2.05) is 6.08 Å². The van der Waals surface area contributed by atoms with Gasteiger partial charge in [-0.3, -0.25) is 9.59 Å². The summed E-state index contributed by atoms with van der Waals surface area (Å²) in [7, 11) is 0. The lowest BCUT2D eigenvalue weighted by molar-refractivity contribution is -0.143. The molecule has 0 aliphatic rings. The highest BCUT2D eigenvalue weighted by Gasteiger charge is 2.18. The second-order valence-electron chi connectivity index (χ2n) is 24.6.